The van der Waals surface area contributed by atoms with Crippen LogP contribution in [0.5, 0.6) is 0 Å². The average molecular weight is 324 g/mol. The van der Waals surface area contributed by atoms with Gasteiger partial charge in [0.2, 0.25) is 0 Å². The van der Waals surface area contributed by atoms with Gasteiger partial charge in [-0.15, -0.1) is 0 Å². The van der Waals surface area contributed by atoms with Gasteiger partial charge >= 0.3 is 5.97 Å². The van der Waals surface area contributed by atoms with Gasteiger partial charge in [0.05, 0.1) is 18.1 Å². The van der Waals surface area contributed by atoms with E-state index in [4.69, 9.17) is 9.84 Å². The maximum Gasteiger partial charge on any atom is 0.306 e. The number of carboxylic acid groups (broad SMARTS) is 1. The van der Waals surface area contributed by atoms with Crippen LogP contribution in [-0.2, 0) is 9.53 Å². The summed E-state index contributed by atoms with van der Waals surface area (Å²) in [5.41, 5.74) is 0. The van der Waals surface area contributed by atoms with Gasteiger partial charge < -0.3 is 14.9 Å². The lowest BCUT2D eigenvalue weighted by atomic mass is 10.0. The molecule has 0 radical (unpaired) electrons. The second kappa shape index (κ2) is 11.4. The summed E-state index contributed by atoms with van der Waals surface area (Å²) >= 11 is 0. The number of allylic oxidation sites excluding steroid dienone is 1. The molecule has 132 valence electrons. The Hall–Kier alpha value is -1.13. The summed E-state index contributed by atoms with van der Waals surface area (Å²) in [7, 11) is 0. The van der Waals surface area contributed by atoms with Crippen LogP contribution in [0, 0.1) is 5.92 Å². The Bertz CT molecular complexity index is 389. The number of ether oxygens (including phenoxy) is 1. The van der Waals surface area contributed by atoms with E-state index in [1.54, 1.807) is 6.92 Å². The quantitative estimate of drug-likeness (QED) is 0.304. The number of hydrogen-bond acceptors (Lipinski definition) is 3. The molecule has 4 atom stereocenters. The van der Waals surface area contributed by atoms with Crippen molar-refractivity contribution in [3.05, 3.63) is 24.3 Å². The number of rotatable bonds is 13. The molecule has 0 aromatic rings. The van der Waals surface area contributed by atoms with Crippen molar-refractivity contribution < 1.29 is 19.7 Å². The maximum absolute atomic E-state index is 10.7. The molecule has 0 aromatic heterocycles. The molecule has 0 bridgehead atoms. The van der Waals surface area contributed by atoms with E-state index in [9.17, 15) is 9.90 Å². The molecule has 4 heteroatoms. The van der Waals surface area contributed by atoms with Crippen molar-refractivity contribution in [1.82, 2.24) is 0 Å². The van der Waals surface area contributed by atoms with Crippen LogP contribution in [0.4, 0.5) is 0 Å². The van der Waals surface area contributed by atoms with Crippen LogP contribution in [0.3, 0.4) is 0 Å². The van der Waals surface area contributed by atoms with Gasteiger partial charge in [-0.2, -0.15) is 0 Å². The van der Waals surface area contributed by atoms with Crippen molar-refractivity contribution >= 4 is 5.97 Å². The standard InChI is InChI=1S/C19H32O4/c1-3-4-7-11-16(20)13-14-18-17(23-18)12-9-6-5-8-10-15(2)19(21)22/h4,7,13-18,20H,3,5-6,8-12H2,1-2H3,(H,21,22)/b7-4-,14-13+/t15?,16-,17-,18+/m0/s1. The summed E-state index contributed by atoms with van der Waals surface area (Å²) in [6.07, 6.45) is 15.8. The van der Waals surface area contributed by atoms with Gasteiger partial charge in [0.1, 0.15) is 6.10 Å². The van der Waals surface area contributed by atoms with Gasteiger partial charge in [-0.25, -0.2) is 0 Å². The van der Waals surface area contributed by atoms with Crippen molar-refractivity contribution in [2.24, 2.45) is 5.92 Å². The SMILES string of the molecule is CC/C=C\C[C@H](O)/C=C/[C@H]1O[C@H]1CCCCCCC(C)C(=O)O. The molecule has 1 heterocycles. The minimum Gasteiger partial charge on any atom is -0.481 e. The van der Waals surface area contributed by atoms with E-state index >= 15 is 0 Å². The molecule has 1 aliphatic heterocycles. The number of hydrogen-bond donors (Lipinski definition) is 2. The summed E-state index contributed by atoms with van der Waals surface area (Å²) in [4.78, 5) is 10.7. The Balaban J connectivity index is 1.98. The highest BCUT2D eigenvalue weighted by Crippen LogP contribution is 2.29. The van der Waals surface area contributed by atoms with Crippen LogP contribution in [0.2, 0.25) is 0 Å². The molecule has 1 aliphatic rings. The zero-order valence-corrected chi connectivity index (χ0v) is 14.5. The van der Waals surface area contributed by atoms with Crippen LogP contribution in [0.25, 0.3) is 0 Å². The Morgan fingerprint density at radius 2 is 1.96 bits per heavy atom. The molecule has 1 saturated heterocycles. The van der Waals surface area contributed by atoms with Crippen molar-refractivity contribution in [3.8, 4) is 0 Å². The third kappa shape index (κ3) is 9.57. The third-order valence-electron chi connectivity index (χ3n) is 4.22. The molecular weight excluding hydrogens is 292 g/mol. The first-order valence-corrected chi connectivity index (χ1v) is 8.94. The largest absolute Gasteiger partial charge is 0.481 e. The molecular formula is C19H32O4. The summed E-state index contributed by atoms with van der Waals surface area (Å²) in [5, 5.41) is 18.6. The first-order chi connectivity index (χ1) is 11.0. The summed E-state index contributed by atoms with van der Waals surface area (Å²) in [5.74, 6) is -0.923. The molecule has 1 unspecified atom stereocenters. The molecule has 23 heavy (non-hydrogen) atoms. The summed E-state index contributed by atoms with van der Waals surface area (Å²) in [6, 6.07) is 0. The van der Waals surface area contributed by atoms with Crippen LogP contribution < -0.4 is 0 Å². The monoisotopic (exact) mass is 324 g/mol. The second-order valence-electron chi connectivity index (χ2n) is 6.44. The number of unbranched alkanes of at least 4 members (excludes halogenated alkanes) is 3. The van der Waals surface area contributed by atoms with Crippen molar-refractivity contribution in [2.45, 2.75) is 83.5 Å². The zero-order chi connectivity index (χ0) is 17.1. The van der Waals surface area contributed by atoms with Crippen LogP contribution in [-0.4, -0.2) is 34.5 Å². The Morgan fingerprint density at radius 3 is 2.65 bits per heavy atom. The molecule has 1 fully saturated rings. The van der Waals surface area contributed by atoms with E-state index in [2.05, 4.69) is 13.0 Å². The molecule has 0 aromatic carbocycles. The highest BCUT2D eigenvalue weighted by atomic mass is 16.6. The van der Waals surface area contributed by atoms with E-state index in [1.165, 1.54) is 0 Å². The lowest BCUT2D eigenvalue weighted by molar-refractivity contribution is -0.141. The summed E-state index contributed by atoms with van der Waals surface area (Å²) < 4.78 is 5.58. The third-order valence-corrected chi connectivity index (χ3v) is 4.22. The predicted molar refractivity (Wildman–Crippen MR) is 92.4 cm³/mol. The number of aliphatic hydroxyl groups excluding tert-OH is 1. The highest BCUT2D eigenvalue weighted by Gasteiger charge is 2.35. The van der Waals surface area contributed by atoms with E-state index in [-0.39, 0.29) is 12.0 Å². The van der Waals surface area contributed by atoms with E-state index < -0.39 is 12.1 Å². The molecule has 0 saturated carbocycles. The Morgan fingerprint density at radius 1 is 1.22 bits per heavy atom. The minimum atomic E-state index is -0.696. The normalized spacial score (nSPS) is 23.4. The first kappa shape index (κ1) is 19.9. The second-order valence-corrected chi connectivity index (χ2v) is 6.44. The van der Waals surface area contributed by atoms with Crippen molar-refractivity contribution in [1.29, 1.82) is 0 Å². The molecule has 4 nitrogen and oxygen atoms in total. The molecule has 2 N–H and O–H groups in total. The molecule has 0 aliphatic carbocycles. The van der Waals surface area contributed by atoms with Gasteiger partial charge in [0.15, 0.2) is 0 Å². The predicted octanol–water partition coefficient (Wildman–Crippen LogP) is 4.09. The van der Waals surface area contributed by atoms with Gasteiger partial charge in [-0.3, -0.25) is 4.79 Å². The number of aliphatic carboxylic acids is 1. The van der Waals surface area contributed by atoms with E-state index in [0.717, 1.165) is 44.9 Å². The van der Waals surface area contributed by atoms with Gasteiger partial charge in [0, 0.05) is 0 Å². The van der Waals surface area contributed by atoms with Gasteiger partial charge in [-0.05, 0) is 25.7 Å². The molecule has 0 spiro atoms. The average Bonchev–Trinajstić information content (AvgIpc) is 3.27. The lowest BCUT2D eigenvalue weighted by Crippen LogP contribution is -2.08. The minimum absolute atomic E-state index is 0.173. The van der Waals surface area contributed by atoms with E-state index in [0.29, 0.717) is 12.5 Å². The molecule has 0 amide bonds. The smallest absolute Gasteiger partial charge is 0.306 e. The summed E-state index contributed by atoms with van der Waals surface area (Å²) in [6.45, 7) is 3.85. The topological polar surface area (TPSA) is 70.1 Å². The molecule has 1 rings (SSSR count). The zero-order valence-electron chi connectivity index (χ0n) is 14.5. The van der Waals surface area contributed by atoms with Crippen LogP contribution in [0.15, 0.2) is 24.3 Å². The van der Waals surface area contributed by atoms with Crippen LogP contribution >= 0.6 is 0 Å². The number of epoxide rings is 1. The Labute approximate surface area is 140 Å². The maximum atomic E-state index is 10.7. The fourth-order valence-electron chi connectivity index (χ4n) is 2.55. The number of aliphatic hydroxyl groups is 1. The van der Waals surface area contributed by atoms with Gasteiger partial charge in [0.25, 0.3) is 0 Å². The van der Waals surface area contributed by atoms with Crippen LogP contribution in [0.1, 0.15) is 65.2 Å². The highest BCUT2D eigenvalue weighted by molar-refractivity contribution is 5.69. The van der Waals surface area contributed by atoms with Crippen molar-refractivity contribution in [3.63, 3.8) is 0 Å². The van der Waals surface area contributed by atoms with Gasteiger partial charge in [-0.1, -0.05) is 63.8 Å². The fraction of sp³-hybridized carbons (Fsp3) is 0.737. The lowest BCUT2D eigenvalue weighted by Gasteiger charge is -2.05. The van der Waals surface area contributed by atoms with E-state index in [1.807, 2.05) is 18.2 Å². The van der Waals surface area contributed by atoms with Crippen molar-refractivity contribution in [2.75, 3.05) is 0 Å². The number of carboxylic acids is 1. The fourth-order valence-corrected chi connectivity index (χ4v) is 2.55. The number of carbonyl (C=O) groups is 1. The first-order valence-electron chi connectivity index (χ1n) is 8.94. The Kier molecular flexibility index (Phi) is 9.88.